The van der Waals surface area contributed by atoms with E-state index in [1.54, 1.807) is 0 Å². The molecule has 0 aromatic carbocycles. The number of methoxy groups -OCH3 is 1. The third-order valence-corrected chi connectivity index (χ3v) is 2.45. The number of ether oxygens (including phenoxy) is 3. The second-order valence-corrected chi connectivity index (χ2v) is 3.84. The first kappa shape index (κ1) is 13.9. The van der Waals surface area contributed by atoms with Crippen LogP contribution in [0.3, 0.4) is 0 Å². The molecule has 0 radical (unpaired) electrons. The van der Waals surface area contributed by atoms with Crippen LogP contribution in [0.4, 0.5) is 0 Å². The Morgan fingerprint density at radius 2 is 2.18 bits per heavy atom. The lowest BCUT2D eigenvalue weighted by Crippen LogP contribution is -2.26. The largest absolute Gasteiger partial charge is 0.465 e. The molecule has 0 aliphatic carbocycles. The van der Waals surface area contributed by atoms with E-state index in [4.69, 9.17) is 9.47 Å². The summed E-state index contributed by atoms with van der Waals surface area (Å²) in [7, 11) is 1.31. The average molecular weight is 241 g/mol. The normalized spacial score (nSPS) is 19.2. The maximum atomic E-state index is 11.0. The maximum absolute atomic E-state index is 11.0. The fourth-order valence-corrected chi connectivity index (χ4v) is 1.50. The molecule has 1 fully saturated rings. The molecule has 0 spiro atoms. The fourth-order valence-electron chi connectivity index (χ4n) is 1.50. The van der Waals surface area contributed by atoms with Crippen LogP contribution in [0.1, 0.15) is 19.8 Å². The van der Waals surface area contributed by atoms with Crippen LogP contribution in [0.2, 0.25) is 0 Å². The Kier molecular flexibility index (Phi) is 5.86. The zero-order valence-electron chi connectivity index (χ0n) is 10.3. The fraction of sp³-hybridized carbons (Fsp3) is 0.667. The Morgan fingerprint density at radius 1 is 1.53 bits per heavy atom. The van der Waals surface area contributed by atoms with Gasteiger partial charge in [-0.25, -0.2) is 4.79 Å². The van der Waals surface area contributed by atoms with E-state index in [0.717, 1.165) is 26.1 Å². The molecule has 1 aliphatic rings. The van der Waals surface area contributed by atoms with Crippen LogP contribution in [0.5, 0.6) is 0 Å². The lowest BCUT2D eigenvalue weighted by Gasteiger charge is -2.24. The zero-order valence-corrected chi connectivity index (χ0v) is 10.3. The minimum absolute atomic E-state index is 0.183. The minimum Gasteiger partial charge on any atom is -0.465 e. The van der Waals surface area contributed by atoms with Gasteiger partial charge in [0.15, 0.2) is 0 Å². The summed E-state index contributed by atoms with van der Waals surface area (Å²) in [5, 5.41) is 0. The molecule has 1 atom stereocenters. The van der Waals surface area contributed by atoms with Gasteiger partial charge in [0, 0.05) is 19.4 Å². The topological polar surface area (TPSA) is 57.1 Å². The smallest absolute Gasteiger partial charge is 0.338 e. The Labute approximate surface area is 101 Å². The Bertz CT molecular complexity index is 295. The molecule has 1 unspecified atom stereocenters. The maximum Gasteiger partial charge on any atom is 0.338 e. The van der Waals surface area contributed by atoms with Crippen molar-refractivity contribution in [2.24, 2.45) is 4.99 Å². The molecule has 1 saturated heterocycles. The summed E-state index contributed by atoms with van der Waals surface area (Å²) in [5.74, 6) is -0.480. The molecular formula is C12H19NO4. The van der Waals surface area contributed by atoms with E-state index in [2.05, 4.69) is 16.3 Å². The highest BCUT2D eigenvalue weighted by atomic mass is 16.5. The second-order valence-electron chi connectivity index (χ2n) is 3.84. The number of rotatable bonds is 5. The highest BCUT2D eigenvalue weighted by Gasteiger charge is 2.16. The van der Waals surface area contributed by atoms with Gasteiger partial charge in [-0.1, -0.05) is 6.58 Å². The molecule has 96 valence electrons. The highest BCUT2D eigenvalue weighted by molar-refractivity contribution is 6.08. The standard InChI is InChI=1S/C12H19NO4/c1-9(12(14)15-3)8-13-10(2)17-11-4-6-16-7-5-11/h8,10-11H,1,4-7H2,2-3H3/b13-8-. The molecule has 0 saturated carbocycles. The van der Waals surface area contributed by atoms with Crippen LogP contribution >= 0.6 is 0 Å². The molecule has 0 aromatic heterocycles. The van der Waals surface area contributed by atoms with Gasteiger partial charge >= 0.3 is 5.97 Å². The lowest BCUT2D eigenvalue weighted by molar-refractivity contribution is -0.135. The van der Waals surface area contributed by atoms with Gasteiger partial charge in [0.1, 0.15) is 6.23 Å². The number of carbonyl (C=O) groups is 1. The Balaban J connectivity index is 2.32. The lowest BCUT2D eigenvalue weighted by atomic mass is 10.1. The predicted octanol–water partition coefficient (Wildman–Crippen LogP) is 1.33. The van der Waals surface area contributed by atoms with Crippen LogP contribution in [0, 0.1) is 0 Å². The van der Waals surface area contributed by atoms with Gasteiger partial charge in [0.05, 0.1) is 18.8 Å². The number of esters is 1. The van der Waals surface area contributed by atoms with Crippen LogP contribution in [-0.2, 0) is 19.0 Å². The van der Waals surface area contributed by atoms with E-state index in [0.29, 0.717) is 0 Å². The summed E-state index contributed by atoms with van der Waals surface area (Å²) in [6.45, 7) is 6.84. The van der Waals surface area contributed by atoms with Gasteiger partial charge in [-0.05, 0) is 19.8 Å². The predicted molar refractivity (Wildman–Crippen MR) is 64.0 cm³/mol. The van der Waals surface area contributed by atoms with Crippen molar-refractivity contribution < 1.29 is 19.0 Å². The summed E-state index contributed by atoms with van der Waals surface area (Å²) in [4.78, 5) is 15.1. The van der Waals surface area contributed by atoms with Crippen molar-refractivity contribution in [3.63, 3.8) is 0 Å². The average Bonchev–Trinajstić information content (AvgIpc) is 2.36. The molecule has 0 bridgehead atoms. The SMILES string of the molecule is C=C(/C=N\C(C)OC1CCOCC1)C(=O)OC. The van der Waals surface area contributed by atoms with Crippen molar-refractivity contribution in [3.8, 4) is 0 Å². The van der Waals surface area contributed by atoms with E-state index in [9.17, 15) is 4.79 Å². The van der Waals surface area contributed by atoms with Crippen molar-refractivity contribution >= 4 is 12.2 Å². The molecule has 0 amide bonds. The van der Waals surface area contributed by atoms with Gasteiger partial charge in [-0.15, -0.1) is 0 Å². The van der Waals surface area contributed by atoms with Gasteiger partial charge in [0.25, 0.3) is 0 Å². The molecule has 5 heteroatoms. The second kappa shape index (κ2) is 7.19. The number of hydrogen-bond donors (Lipinski definition) is 0. The molecular weight excluding hydrogens is 222 g/mol. The van der Waals surface area contributed by atoms with Crippen LogP contribution in [0.25, 0.3) is 0 Å². The molecule has 1 aliphatic heterocycles. The molecule has 17 heavy (non-hydrogen) atoms. The molecule has 5 nitrogen and oxygen atoms in total. The van der Waals surface area contributed by atoms with E-state index >= 15 is 0 Å². The van der Waals surface area contributed by atoms with Crippen LogP contribution in [0.15, 0.2) is 17.1 Å². The first-order chi connectivity index (χ1) is 8.13. The zero-order chi connectivity index (χ0) is 12.7. The van der Waals surface area contributed by atoms with Gasteiger partial charge in [0.2, 0.25) is 0 Å². The monoisotopic (exact) mass is 241 g/mol. The summed E-state index contributed by atoms with van der Waals surface area (Å²) < 4.78 is 15.4. The molecule has 0 aromatic rings. The van der Waals surface area contributed by atoms with Crippen LogP contribution in [-0.4, -0.2) is 44.8 Å². The molecule has 0 N–H and O–H groups in total. The third-order valence-electron chi connectivity index (χ3n) is 2.45. The van der Waals surface area contributed by atoms with E-state index in [-0.39, 0.29) is 17.9 Å². The summed E-state index contributed by atoms with van der Waals surface area (Å²) >= 11 is 0. The van der Waals surface area contributed by atoms with E-state index in [1.807, 2.05) is 6.92 Å². The third kappa shape index (κ3) is 5.10. The number of carbonyl (C=O) groups excluding carboxylic acids is 1. The van der Waals surface area contributed by atoms with Crippen LogP contribution < -0.4 is 0 Å². The van der Waals surface area contributed by atoms with Crippen molar-refractivity contribution in [1.29, 1.82) is 0 Å². The highest BCUT2D eigenvalue weighted by Crippen LogP contribution is 2.13. The summed E-state index contributed by atoms with van der Waals surface area (Å²) in [6.07, 6.45) is 3.05. The summed E-state index contributed by atoms with van der Waals surface area (Å²) in [5.41, 5.74) is 0.218. The first-order valence-corrected chi connectivity index (χ1v) is 5.67. The Morgan fingerprint density at radius 3 is 2.76 bits per heavy atom. The van der Waals surface area contributed by atoms with E-state index in [1.165, 1.54) is 13.3 Å². The van der Waals surface area contributed by atoms with Gasteiger partial charge in [-0.2, -0.15) is 0 Å². The number of hydrogen-bond acceptors (Lipinski definition) is 5. The Hall–Kier alpha value is -1.20. The van der Waals surface area contributed by atoms with Crippen molar-refractivity contribution in [2.45, 2.75) is 32.1 Å². The quantitative estimate of drug-likeness (QED) is 0.414. The summed E-state index contributed by atoms with van der Waals surface area (Å²) in [6, 6.07) is 0. The first-order valence-electron chi connectivity index (χ1n) is 5.67. The van der Waals surface area contributed by atoms with Crippen molar-refractivity contribution in [2.75, 3.05) is 20.3 Å². The number of aliphatic imine (C=N–C) groups is 1. The molecule has 1 rings (SSSR count). The van der Waals surface area contributed by atoms with E-state index < -0.39 is 5.97 Å². The van der Waals surface area contributed by atoms with Gasteiger partial charge in [-0.3, -0.25) is 4.99 Å². The van der Waals surface area contributed by atoms with Gasteiger partial charge < -0.3 is 14.2 Å². The van der Waals surface area contributed by atoms with Crippen molar-refractivity contribution in [3.05, 3.63) is 12.2 Å². The minimum atomic E-state index is -0.480. The van der Waals surface area contributed by atoms with Crippen molar-refractivity contribution in [1.82, 2.24) is 0 Å². The number of nitrogens with zero attached hydrogens (tertiary/aromatic N) is 1. The molecule has 1 heterocycles.